The van der Waals surface area contributed by atoms with E-state index in [2.05, 4.69) is 43.5 Å². The van der Waals surface area contributed by atoms with Gasteiger partial charge in [-0.15, -0.1) is 0 Å². The van der Waals surface area contributed by atoms with Crippen LogP contribution in [0, 0.1) is 20.8 Å². The smallest absolute Gasteiger partial charge is 0.175 e. The first kappa shape index (κ1) is 15.3. The molecule has 21 heavy (non-hydrogen) atoms. The van der Waals surface area contributed by atoms with Gasteiger partial charge >= 0.3 is 0 Å². The van der Waals surface area contributed by atoms with Gasteiger partial charge in [0.05, 0.1) is 7.11 Å². The van der Waals surface area contributed by atoms with Crippen LogP contribution in [0.25, 0.3) is 0 Å². The van der Waals surface area contributed by atoms with Crippen molar-refractivity contribution in [2.45, 2.75) is 20.8 Å². The normalized spacial score (nSPS) is 10.1. The van der Waals surface area contributed by atoms with Crippen LogP contribution in [-0.4, -0.2) is 12.2 Å². The molecular formula is C17H20N2OS. The van der Waals surface area contributed by atoms with Crippen LogP contribution < -0.4 is 15.4 Å². The Labute approximate surface area is 131 Å². The molecule has 2 rings (SSSR count). The number of benzene rings is 2. The number of hydrogen-bond acceptors (Lipinski definition) is 2. The van der Waals surface area contributed by atoms with E-state index in [1.54, 1.807) is 7.11 Å². The largest absolute Gasteiger partial charge is 0.497 e. The second-order valence-corrected chi connectivity index (χ2v) is 5.49. The van der Waals surface area contributed by atoms with E-state index in [9.17, 15) is 0 Å². The van der Waals surface area contributed by atoms with Crippen LogP contribution in [-0.2, 0) is 0 Å². The zero-order valence-electron chi connectivity index (χ0n) is 12.8. The molecule has 2 aromatic rings. The van der Waals surface area contributed by atoms with E-state index in [0.29, 0.717) is 5.11 Å². The Hall–Kier alpha value is -2.07. The summed E-state index contributed by atoms with van der Waals surface area (Å²) < 4.78 is 5.14. The Morgan fingerprint density at radius 2 is 1.52 bits per heavy atom. The summed E-state index contributed by atoms with van der Waals surface area (Å²) in [5.74, 6) is 0.824. The van der Waals surface area contributed by atoms with Crippen molar-refractivity contribution in [1.82, 2.24) is 0 Å². The van der Waals surface area contributed by atoms with E-state index in [1.807, 2.05) is 24.3 Å². The van der Waals surface area contributed by atoms with Crippen molar-refractivity contribution in [3.63, 3.8) is 0 Å². The first-order valence-electron chi connectivity index (χ1n) is 6.79. The Bertz CT molecular complexity index is 627. The first-order valence-corrected chi connectivity index (χ1v) is 7.20. The summed E-state index contributed by atoms with van der Waals surface area (Å²) >= 11 is 5.38. The molecule has 3 nitrogen and oxygen atoms in total. The Balaban J connectivity index is 2.08. The lowest BCUT2D eigenvalue weighted by atomic mass is 10.1. The number of aryl methyl sites for hydroxylation is 3. The highest BCUT2D eigenvalue weighted by Gasteiger charge is 2.06. The van der Waals surface area contributed by atoms with Crippen molar-refractivity contribution in [3.8, 4) is 5.75 Å². The molecule has 0 aromatic heterocycles. The third kappa shape index (κ3) is 3.95. The number of hydrogen-bond donors (Lipinski definition) is 2. The molecule has 110 valence electrons. The van der Waals surface area contributed by atoms with Crippen molar-refractivity contribution in [3.05, 3.63) is 53.1 Å². The number of methoxy groups -OCH3 is 1. The minimum atomic E-state index is 0.579. The second kappa shape index (κ2) is 6.59. The van der Waals surface area contributed by atoms with Crippen LogP contribution >= 0.6 is 12.2 Å². The average Bonchev–Trinajstić information content (AvgIpc) is 2.43. The van der Waals surface area contributed by atoms with Gasteiger partial charge in [-0.3, -0.25) is 0 Å². The van der Waals surface area contributed by atoms with E-state index < -0.39 is 0 Å². The average molecular weight is 300 g/mol. The van der Waals surface area contributed by atoms with Gasteiger partial charge in [0.1, 0.15) is 5.75 Å². The molecule has 0 unspecified atom stereocenters. The third-order valence-corrected chi connectivity index (χ3v) is 3.47. The van der Waals surface area contributed by atoms with Crippen molar-refractivity contribution in [2.24, 2.45) is 0 Å². The molecule has 0 atom stereocenters. The maximum Gasteiger partial charge on any atom is 0.175 e. The molecule has 0 saturated heterocycles. The van der Waals surface area contributed by atoms with Crippen molar-refractivity contribution < 1.29 is 4.74 Å². The first-order chi connectivity index (χ1) is 9.99. The van der Waals surface area contributed by atoms with Gasteiger partial charge in [-0.2, -0.15) is 0 Å². The molecule has 0 amide bonds. The molecule has 0 radical (unpaired) electrons. The molecule has 2 N–H and O–H groups in total. The van der Waals surface area contributed by atoms with Gasteiger partial charge in [0.25, 0.3) is 0 Å². The molecule has 0 spiro atoms. The number of rotatable bonds is 3. The van der Waals surface area contributed by atoms with Gasteiger partial charge in [0, 0.05) is 11.4 Å². The quantitative estimate of drug-likeness (QED) is 0.822. The van der Waals surface area contributed by atoms with E-state index in [0.717, 1.165) is 17.1 Å². The standard InChI is InChI=1S/C17H20N2OS/c1-11-9-12(2)16(13(3)10-11)19-17(21)18-14-5-7-15(20-4)8-6-14/h5-10H,1-4H3,(H2,18,19,21). The number of nitrogens with one attached hydrogen (secondary N) is 2. The van der Waals surface area contributed by atoms with Crippen molar-refractivity contribution in [2.75, 3.05) is 17.7 Å². The summed E-state index contributed by atoms with van der Waals surface area (Å²) in [6, 6.07) is 11.9. The molecule has 0 bridgehead atoms. The van der Waals surface area contributed by atoms with Crippen LogP contribution in [0.3, 0.4) is 0 Å². The van der Waals surface area contributed by atoms with Crippen LogP contribution in [0.4, 0.5) is 11.4 Å². The zero-order valence-corrected chi connectivity index (χ0v) is 13.6. The molecule has 0 aliphatic carbocycles. The second-order valence-electron chi connectivity index (χ2n) is 5.08. The van der Waals surface area contributed by atoms with Crippen molar-refractivity contribution in [1.29, 1.82) is 0 Å². The molecular weight excluding hydrogens is 280 g/mol. The number of thiocarbonyl (C=S) groups is 1. The van der Waals surface area contributed by atoms with Gasteiger partial charge in [-0.05, 0) is 68.4 Å². The monoisotopic (exact) mass is 300 g/mol. The number of ether oxygens (including phenoxy) is 1. The van der Waals surface area contributed by atoms with E-state index in [4.69, 9.17) is 17.0 Å². The Kier molecular flexibility index (Phi) is 4.81. The minimum Gasteiger partial charge on any atom is -0.497 e. The lowest BCUT2D eigenvalue weighted by Gasteiger charge is -2.15. The zero-order chi connectivity index (χ0) is 15.4. The van der Waals surface area contributed by atoms with Gasteiger partial charge in [-0.25, -0.2) is 0 Å². The van der Waals surface area contributed by atoms with E-state index in [1.165, 1.54) is 16.7 Å². The highest BCUT2D eigenvalue weighted by Crippen LogP contribution is 2.22. The summed E-state index contributed by atoms with van der Waals surface area (Å²) in [5.41, 5.74) is 5.62. The lowest BCUT2D eigenvalue weighted by Crippen LogP contribution is -2.20. The summed E-state index contributed by atoms with van der Waals surface area (Å²) in [6.45, 7) is 6.26. The van der Waals surface area contributed by atoms with Crippen molar-refractivity contribution >= 4 is 28.7 Å². The highest BCUT2D eigenvalue weighted by molar-refractivity contribution is 7.80. The summed E-state index contributed by atoms with van der Waals surface area (Å²) in [5, 5.41) is 7.03. The number of anilines is 2. The van der Waals surface area contributed by atoms with Gasteiger partial charge in [0.15, 0.2) is 5.11 Å². The van der Waals surface area contributed by atoms with Gasteiger partial charge in [0.2, 0.25) is 0 Å². The van der Waals surface area contributed by atoms with Crippen LogP contribution in [0.1, 0.15) is 16.7 Å². The molecule has 0 aliphatic rings. The van der Waals surface area contributed by atoms with Crippen LogP contribution in [0.2, 0.25) is 0 Å². The molecule has 0 aliphatic heterocycles. The third-order valence-electron chi connectivity index (χ3n) is 3.26. The summed E-state index contributed by atoms with van der Waals surface area (Å²) in [7, 11) is 1.65. The minimum absolute atomic E-state index is 0.579. The highest BCUT2D eigenvalue weighted by atomic mass is 32.1. The fourth-order valence-corrected chi connectivity index (χ4v) is 2.55. The SMILES string of the molecule is COc1ccc(NC(=S)Nc2c(C)cc(C)cc2C)cc1. The molecule has 2 aromatic carbocycles. The predicted octanol–water partition coefficient (Wildman–Crippen LogP) is 4.43. The molecule has 4 heteroatoms. The fraction of sp³-hybridized carbons (Fsp3) is 0.235. The maximum atomic E-state index is 5.38. The maximum absolute atomic E-state index is 5.38. The fourth-order valence-electron chi connectivity index (χ4n) is 2.33. The van der Waals surface area contributed by atoms with Crippen LogP contribution in [0.5, 0.6) is 5.75 Å². The predicted molar refractivity (Wildman–Crippen MR) is 93.5 cm³/mol. The van der Waals surface area contributed by atoms with E-state index in [-0.39, 0.29) is 0 Å². The Morgan fingerprint density at radius 1 is 0.952 bits per heavy atom. The lowest BCUT2D eigenvalue weighted by molar-refractivity contribution is 0.415. The molecule has 0 fully saturated rings. The van der Waals surface area contributed by atoms with Gasteiger partial charge in [-0.1, -0.05) is 17.7 Å². The topological polar surface area (TPSA) is 33.3 Å². The van der Waals surface area contributed by atoms with Crippen LogP contribution in [0.15, 0.2) is 36.4 Å². The summed E-state index contributed by atoms with van der Waals surface area (Å²) in [6.07, 6.45) is 0. The van der Waals surface area contributed by atoms with Gasteiger partial charge < -0.3 is 15.4 Å². The molecule has 0 heterocycles. The van der Waals surface area contributed by atoms with E-state index >= 15 is 0 Å². The molecule has 0 saturated carbocycles. The summed E-state index contributed by atoms with van der Waals surface area (Å²) in [4.78, 5) is 0. The Morgan fingerprint density at radius 3 is 2.05 bits per heavy atom.